The molecule has 1 aliphatic rings. The van der Waals surface area contributed by atoms with Crippen LogP contribution in [0.2, 0.25) is 0 Å². The highest BCUT2D eigenvalue weighted by molar-refractivity contribution is 5.96. The van der Waals surface area contributed by atoms with Gasteiger partial charge in [0.2, 0.25) is 0 Å². The van der Waals surface area contributed by atoms with E-state index >= 15 is 0 Å². The molecule has 1 aromatic heterocycles. The zero-order chi connectivity index (χ0) is 32.6. The van der Waals surface area contributed by atoms with E-state index in [1.165, 1.54) is 12.0 Å². The number of nitrogens with one attached hydrogen (secondary N) is 1. The number of carboxylic acids is 1. The van der Waals surface area contributed by atoms with Crippen molar-refractivity contribution in [3.8, 4) is 11.1 Å². The Morgan fingerprint density at radius 2 is 1.62 bits per heavy atom. The summed E-state index contributed by atoms with van der Waals surface area (Å²) in [5, 5.41) is 13.5. The second-order valence-electron chi connectivity index (χ2n) is 12.6. The zero-order valence-corrected chi connectivity index (χ0v) is 27.2. The van der Waals surface area contributed by atoms with Crippen LogP contribution in [0.5, 0.6) is 0 Å². The molecule has 0 spiro atoms. The number of carbonyl (C=O) groups is 2. The quantitative estimate of drug-likeness (QED) is 0.144. The smallest absolute Gasteiger partial charge is 0.336 e. The number of amides is 2. The highest BCUT2D eigenvalue weighted by Gasteiger charge is 2.23. The Morgan fingerprint density at radius 3 is 2.34 bits per heavy atom. The average Bonchev–Trinajstić information content (AvgIpc) is 3.44. The van der Waals surface area contributed by atoms with Crippen molar-refractivity contribution < 1.29 is 14.7 Å². The summed E-state index contributed by atoms with van der Waals surface area (Å²) in [6, 6.07) is 31.9. The third kappa shape index (κ3) is 7.74. The van der Waals surface area contributed by atoms with E-state index in [1.807, 2.05) is 77.7 Å². The Balaban J connectivity index is 1.36. The first-order chi connectivity index (χ1) is 23.0. The minimum atomic E-state index is -0.951. The minimum Gasteiger partial charge on any atom is -0.478 e. The largest absolute Gasteiger partial charge is 0.478 e. The summed E-state index contributed by atoms with van der Waals surface area (Å²) < 4.78 is 2.20. The van der Waals surface area contributed by atoms with E-state index in [9.17, 15) is 14.7 Å². The van der Waals surface area contributed by atoms with Gasteiger partial charge in [0.25, 0.3) is 0 Å². The summed E-state index contributed by atoms with van der Waals surface area (Å²) in [5.41, 5.74) is 6.56. The normalized spacial score (nSPS) is 13.5. The number of urea groups is 1. The van der Waals surface area contributed by atoms with E-state index < -0.39 is 5.97 Å². The number of unbranched alkanes of at least 4 members (excludes halogenated alkanes) is 1. The summed E-state index contributed by atoms with van der Waals surface area (Å²) in [4.78, 5) is 33.2. The number of nitrogens with zero attached hydrogens (tertiary/aromatic N) is 3. The molecule has 0 unspecified atom stereocenters. The van der Waals surface area contributed by atoms with Crippen molar-refractivity contribution in [1.29, 1.82) is 0 Å². The van der Waals surface area contributed by atoms with Gasteiger partial charge in [0.15, 0.2) is 0 Å². The monoisotopic (exact) mass is 628 g/mol. The van der Waals surface area contributed by atoms with E-state index in [0.717, 1.165) is 85.0 Å². The summed E-state index contributed by atoms with van der Waals surface area (Å²) in [6.07, 6.45) is 9.16. The van der Waals surface area contributed by atoms with Crippen molar-refractivity contribution >= 4 is 28.7 Å². The van der Waals surface area contributed by atoms with Crippen LogP contribution in [-0.2, 0) is 19.4 Å². The number of hydrogen-bond donors (Lipinski definition) is 2. The third-order valence-corrected chi connectivity index (χ3v) is 9.26. The highest BCUT2D eigenvalue weighted by Crippen LogP contribution is 2.29. The molecule has 0 saturated heterocycles. The van der Waals surface area contributed by atoms with Gasteiger partial charge in [0, 0.05) is 31.2 Å². The van der Waals surface area contributed by atoms with Gasteiger partial charge in [-0.2, -0.15) is 0 Å². The molecule has 7 nitrogen and oxygen atoms in total. The Labute approximate surface area is 277 Å². The van der Waals surface area contributed by atoms with Gasteiger partial charge in [-0.3, -0.25) is 4.90 Å². The number of imidazole rings is 1. The molecular weight excluding hydrogens is 584 g/mol. The van der Waals surface area contributed by atoms with Crippen molar-refractivity contribution in [3.63, 3.8) is 0 Å². The Bertz CT molecular complexity index is 1810. The molecule has 5 aromatic rings. The van der Waals surface area contributed by atoms with Crippen LogP contribution in [-0.4, -0.2) is 39.2 Å². The molecule has 4 aromatic carbocycles. The maximum Gasteiger partial charge on any atom is 0.336 e. The van der Waals surface area contributed by atoms with Crippen LogP contribution in [0.25, 0.3) is 22.2 Å². The first kappa shape index (κ1) is 32.0. The van der Waals surface area contributed by atoms with Crippen LogP contribution in [0.15, 0.2) is 97.1 Å². The van der Waals surface area contributed by atoms with Crippen LogP contribution in [0, 0.1) is 0 Å². The molecule has 2 N–H and O–H groups in total. The van der Waals surface area contributed by atoms with Crippen molar-refractivity contribution in [2.75, 3.05) is 11.4 Å². The van der Waals surface area contributed by atoms with Gasteiger partial charge in [-0.05, 0) is 72.2 Å². The van der Waals surface area contributed by atoms with Gasteiger partial charge in [-0.25, -0.2) is 14.6 Å². The molecule has 47 heavy (non-hydrogen) atoms. The van der Waals surface area contributed by atoms with Gasteiger partial charge in [-0.1, -0.05) is 105 Å². The number of benzene rings is 4. The van der Waals surface area contributed by atoms with E-state index in [0.29, 0.717) is 18.7 Å². The second-order valence-corrected chi connectivity index (χ2v) is 12.6. The molecule has 1 saturated carbocycles. The Kier molecular flexibility index (Phi) is 10.3. The van der Waals surface area contributed by atoms with Crippen LogP contribution in [0.4, 0.5) is 10.5 Å². The second kappa shape index (κ2) is 15.1. The van der Waals surface area contributed by atoms with Crippen LogP contribution >= 0.6 is 0 Å². The maximum absolute atomic E-state index is 13.9. The van der Waals surface area contributed by atoms with Crippen molar-refractivity contribution in [3.05, 3.63) is 120 Å². The van der Waals surface area contributed by atoms with Crippen LogP contribution < -0.4 is 10.2 Å². The molecule has 0 bridgehead atoms. The average molecular weight is 629 g/mol. The third-order valence-electron chi connectivity index (χ3n) is 9.26. The molecule has 0 aliphatic heterocycles. The summed E-state index contributed by atoms with van der Waals surface area (Å²) in [6.45, 7) is 3.20. The van der Waals surface area contributed by atoms with Gasteiger partial charge in [-0.15, -0.1) is 0 Å². The maximum atomic E-state index is 13.9. The first-order valence-corrected chi connectivity index (χ1v) is 17.0. The Morgan fingerprint density at radius 1 is 0.872 bits per heavy atom. The van der Waals surface area contributed by atoms with E-state index in [2.05, 4.69) is 35.0 Å². The van der Waals surface area contributed by atoms with Crippen molar-refractivity contribution in [1.82, 2.24) is 14.9 Å². The SMILES string of the molecule is CCCCc1nc2ccc(N(CCc3ccccc3)C(=O)NC3CCCCC3)cc2n1Cc1ccc(-c2ccccc2)c(C(=O)O)c1. The predicted octanol–water partition coefficient (Wildman–Crippen LogP) is 8.88. The first-order valence-electron chi connectivity index (χ1n) is 17.0. The van der Waals surface area contributed by atoms with Crippen LogP contribution in [0.3, 0.4) is 0 Å². The topological polar surface area (TPSA) is 87.5 Å². The molecule has 1 aliphatic carbocycles. The fourth-order valence-corrected chi connectivity index (χ4v) is 6.68. The molecular formula is C40H44N4O3. The number of aromatic carboxylic acids is 1. The fraction of sp³-hybridized carbons (Fsp3) is 0.325. The number of aryl methyl sites for hydroxylation is 1. The molecule has 1 fully saturated rings. The van der Waals surface area contributed by atoms with Crippen molar-refractivity contribution in [2.24, 2.45) is 0 Å². The lowest BCUT2D eigenvalue weighted by Crippen LogP contribution is -2.46. The molecule has 0 atom stereocenters. The molecule has 6 rings (SSSR count). The van der Waals surface area contributed by atoms with Crippen LogP contribution in [0.1, 0.15) is 79.2 Å². The van der Waals surface area contributed by atoms with Gasteiger partial charge < -0.3 is 15.0 Å². The van der Waals surface area contributed by atoms with Gasteiger partial charge in [0.05, 0.1) is 16.6 Å². The predicted molar refractivity (Wildman–Crippen MR) is 189 cm³/mol. The molecule has 1 heterocycles. The summed E-state index contributed by atoms with van der Waals surface area (Å²) in [7, 11) is 0. The minimum absolute atomic E-state index is 0.0629. The standard InChI is InChI=1S/C40H44N4O3/c1-2-3-19-38-42-36-23-21-33(43(25-24-29-13-7-4-8-14-29)40(47)41-32-17-11-6-12-18-32)27-37(36)44(38)28-30-20-22-34(35(26-30)39(45)46)31-15-9-5-10-16-31/h4-5,7-10,13-16,20-23,26-27,32H,2-3,6,11-12,17-19,24-25,28H2,1H3,(H,41,47)(H,45,46). The van der Waals surface area contributed by atoms with E-state index in [4.69, 9.17) is 4.98 Å². The summed E-state index contributed by atoms with van der Waals surface area (Å²) >= 11 is 0. The Hall–Kier alpha value is -4.91. The lowest BCUT2D eigenvalue weighted by atomic mass is 9.96. The van der Waals surface area contributed by atoms with Gasteiger partial charge >= 0.3 is 12.0 Å². The molecule has 242 valence electrons. The van der Waals surface area contributed by atoms with E-state index in [-0.39, 0.29) is 17.6 Å². The zero-order valence-electron chi connectivity index (χ0n) is 27.2. The van der Waals surface area contributed by atoms with E-state index in [1.54, 1.807) is 6.07 Å². The fourth-order valence-electron chi connectivity index (χ4n) is 6.68. The summed E-state index contributed by atoms with van der Waals surface area (Å²) in [5.74, 6) is 0.0122. The number of aromatic nitrogens is 2. The number of anilines is 1. The van der Waals surface area contributed by atoms with Crippen molar-refractivity contribution in [2.45, 2.75) is 77.3 Å². The number of hydrogen-bond acceptors (Lipinski definition) is 3. The lowest BCUT2D eigenvalue weighted by Gasteiger charge is -2.28. The molecule has 7 heteroatoms. The number of carbonyl (C=O) groups excluding carboxylic acids is 1. The van der Waals surface area contributed by atoms with Gasteiger partial charge in [0.1, 0.15) is 5.82 Å². The number of rotatable bonds is 12. The molecule has 0 radical (unpaired) electrons. The highest BCUT2D eigenvalue weighted by atomic mass is 16.4. The lowest BCUT2D eigenvalue weighted by molar-refractivity contribution is 0.0697. The number of carboxylic acid groups (broad SMARTS) is 1. The molecule has 2 amide bonds. The number of fused-ring (bicyclic) bond motifs is 1.